The van der Waals surface area contributed by atoms with Crippen LogP contribution >= 0.6 is 0 Å². The maximum atomic E-state index is 10.2. The fourth-order valence-corrected chi connectivity index (χ4v) is 6.27. The normalized spacial score (nSPS) is 11.7. The van der Waals surface area contributed by atoms with Crippen molar-refractivity contribution in [1.29, 1.82) is 0 Å². The van der Waals surface area contributed by atoms with E-state index in [4.69, 9.17) is 0 Å². The van der Waals surface area contributed by atoms with E-state index in [0.29, 0.717) is 12.8 Å². The summed E-state index contributed by atoms with van der Waals surface area (Å²) in [5, 5.41) is 0. The van der Waals surface area contributed by atoms with Crippen molar-refractivity contribution < 1.29 is 34.3 Å². The molecule has 0 N–H and O–H groups in total. The molecule has 0 radical (unpaired) electrons. The zero-order valence-electron chi connectivity index (χ0n) is 30.8. The van der Waals surface area contributed by atoms with Crippen LogP contribution in [0.25, 0.3) is 0 Å². The Morgan fingerprint density at radius 3 is 0.617 bits per heavy atom. The molecule has 0 bridgehead atoms. The molecule has 0 rings (SSSR count). The van der Waals surface area contributed by atoms with Crippen LogP contribution in [-0.2, 0) is 29.2 Å². The van der Waals surface area contributed by atoms with E-state index in [1.807, 2.05) is 0 Å². The minimum atomic E-state index is -4.49. The Labute approximate surface area is 323 Å². The van der Waals surface area contributed by atoms with Crippen molar-refractivity contribution in [3.8, 4) is 0 Å². The molecular formula is C36H74CaO8S2. The van der Waals surface area contributed by atoms with Crippen LogP contribution in [0.1, 0.15) is 219 Å². The number of unbranched alkanes of at least 4 members (excludes halogenated alkanes) is 30. The third-order valence-corrected chi connectivity index (χ3v) is 9.36. The molecule has 0 heterocycles. The summed E-state index contributed by atoms with van der Waals surface area (Å²) in [6, 6.07) is 0. The predicted octanol–water partition coefficient (Wildman–Crippen LogP) is 11.1. The Kier molecular flexibility index (Phi) is 46.1. The molecule has 0 amide bonds. The van der Waals surface area contributed by atoms with Crippen LogP contribution in [0.3, 0.4) is 0 Å². The molecule has 0 aromatic carbocycles. The first-order valence-corrected chi connectivity index (χ1v) is 22.0. The van der Waals surface area contributed by atoms with E-state index in [1.165, 1.54) is 167 Å². The third-order valence-electron chi connectivity index (χ3n) is 8.45. The molecule has 0 atom stereocenters. The Hall–Kier alpha value is 1.000. The van der Waals surface area contributed by atoms with Crippen LogP contribution in [0.5, 0.6) is 0 Å². The van der Waals surface area contributed by atoms with Crippen molar-refractivity contribution in [3.63, 3.8) is 0 Å². The van der Waals surface area contributed by atoms with Crippen molar-refractivity contribution in [3.05, 3.63) is 0 Å². The molecule has 11 heteroatoms. The Bertz CT molecular complexity index is 729. The number of rotatable bonds is 36. The summed E-state index contributed by atoms with van der Waals surface area (Å²) in [6.07, 6.45) is 40.6. The van der Waals surface area contributed by atoms with Crippen LogP contribution in [0.4, 0.5) is 0 Å². The molecular weight excluding hydrogens is 665 g/mol. The Morgan fingerprint density at radius 2 is 0.468 bits per heavy atom. The van der Waals surface area contributed by atoms with Gasteiger partial charge in [-0.25, -0.2) is 16.8 Å². The first-order valence-electron chi connectivity index (χ1n) is 19.3. The van der Waals surface area contributed by atoms with E-state index >= 15 is 0 Å². The first-order chi connectivity index (χ1) is 22.1. The van der Waals surface area contributed by atoms with Gasteiger partial charge in [0.25, 0.3) is 0 Å². The smallest absolute Gasteiger partial charge is 0.726 e. The summed E-state index contributed by atoms with van der Waals surface area (Å²) in [4.78, 5) is 0. The average Bonchev–Trinajstić information content (AvgIpc) is 2.99. The van der Waals surface area contributed by atoms with E-state index in [2.05, 4.69) is 22.2 Å². The summed E-state index contributed by atoms with van der Waals surface area (Å²) in [5.41, 5.74) is 0. The molecule has 280 valence electrons. The fraction of sp³-hybridized carbons (Fsp3) is 1.00. The van der Waals surface area contributed by atoms with Gasteiger partial charge in [0.15, 0.2) is 0 Å². The zero-order valence-corrected chi connectivity index (χ0v) is 34.7. The van der Waals surface area contributed by atoms with Gasteiger partial charge in [-0.3, -0.25) is 8.37 Å². The van der Waals surface area contributed by atoms with E-state index in [9.17, 15) is 25.9 Å². The average molecular weight is 739 g/mol. The third kappa shape index (κ3) is 56.6. The monoisotopic (exact) mass is 738 g/mol. The molecule has 47 heavy (non-hydrogen) atoms. The summed E-state index contributed by atoms with van der Waals surface area (Å²) in [5.74, 6) is 0. The first kappa shape index (κ1) is 52.4. The molecule has 0 aliphatic rings. The molecule has 0 fully saturated rings. The van der Waals surface area contributed by atoms with Gasteiger partial charge in [-0.2, -0.15) is 0 Å². The zero-order chi connectivity index (χ0) is 34.5. The Morgan fingerprint density at radius 1 is 0.319 bits per heavy atom. The molecule has 0 spiro atoms. The summed E-state index contributed by atoms with van der Waals surface area (Å²) < 4.78 is 69.6. The van der Waals surface area contributed by atoms with Crippen LogP contribution in [0.2, 0.25) is 0 Å². The fourth-order valence-electron chi connectivity index (χ4n) is 5.62. The van der Waals surface area contributed by atoms with E-state index in [0.717, 1.165) is 25.7 Å². The summed E-state index contributed by atoms with van der Waals surface area (Å²) in [6.45, 7) is 4.58. The molecule has 8 nitrogen and oxygen atoms in total. The van der Waals surface area contributed by atoms with Gasteiger partial charge < -0.3 is 9.11 Å². The van der Waals surface area contributed by atoms with Gasteiger partial charge in [-0.1, -0.05) is 206 Å². The largest absolute Gasteiger partial charge is 2.00 e. The van der Waals surface area contributed by atoms with Gasteiger partial charge >= 0.3 is 37.7 Å². The van der Waals surface area contributed by atoms with Gasteiger partial charge in [0, 0.05) is 0 Å². The number of hydrogen-bond acceptors (Lipinski definition) is 8. The molecule has 0 aromatic rings. The van der Waals surface area contributed by atoms with Crippen molar-refractivity contribution in [2.75, 3.05) is 13.2 Å². The summed E-state index contributed by atoms with van der Waals surface area (Å²) >= 11 is 0. The standard InChI is InChI=1S/2C18H38O4S.Ca/c2*1-2-3-4-5-6-7-8-9-10-11-12-13-14-15-16-17-18-22-23(19,20)21;/h2*2-18H2,1H3,(H,19,20,21);/q;;+2/p-2. The second-order valence-corrected chi connectivity index (χ2v) is 15.2. The van der Waals surface area contributed by atoms with Crippen LogP contribution in [0, 0.1) is 0 Å². The molecule has 0 saturated heterocycles. The van der Waals surface area contributed by atoms with Crippen molar-refractivity contribution >= 4 is 58.5 Å². The van der Waals surface area contributed by atoms with Gasteiger partial charge in [0.2, 0.25) is 20.8 Å². The molecule has 0 aliphatic heterocycles. The topological polar surface area (TPSA) is 133 Å². The molecule has 0 unspecified atom stereocenters. The quantitative estimate of drug-likeness (QED) is 0.0268. The Balaban J connectivity index is -0.000000807. The number of hydrogen-bond donors (Lipinski definition) is 0. The van der Waals surface area contributed by atoms with E-state index in [-0.39, 0.29) is 51.0 Å². The minimum absolute atomic E-state index is 0. The second-order valence-electron chi connectivity index (χ2n) is 13.1. The van der Waals surface area contributed by atoms with E-state index in [1.54, 1.807) is 0 Å². The predicted molar refractivity (Wildman–Crippen MR) is 196 cm³/mol. The van der Waals surface area contributed by atoms with Crippen LogP contribution in [0.15, 0.2) is 0 Å². The van der Waals surface area contributed by atoms with Gasteiger partial charge in [0.1, 0.15) is 0 Å². The van der Waals surface area contributed by atoms with E-state index < -0.39 is 20.8 Å². The van der Waals surface area contributed by atoms with Gasteiger partial charge in [-0.15, -0.1) is 0 Å². The molecule has 0 aliphatic carbocycles. The molecule has 0 aromatic heterocycles. The second kappa shape index (κ2) is 41.4. The van der Waals surface area contributed by atoms with Crippen LogP contribution < -0.4 is 0 Å². The van der Waals surface area contributed by atoms with Crippen molar-refractivity contribution in [2.45, 2.75) is 219 Å². The minimum Gasteiger partial charge on any atom is -0.726 e. The maximum Gasteiger partial charge on any atom is 2.00 e. The van der Waals surface area contributed by atoms with Crippen molar-refractivity contribution in [2.24, 2.45) is 0 Å². The van der Waals surface area contributed by atoms with Crippen molar-refractivity contribution in [1.82, 2.24) is 0 Å². The van der Waals surface area contributed by atoms with Crippen LogP contribution in [-0.4, -0.2) is 76.9 Å². The van der Waals surface area contributed by atoms with Gasteiger partial charge in [0.05, 0.1) is 13.2 Å². The SMILES string of the molecule is CCCCCCCCCCCCCCCCCCOS(=O)(=O)[O-].CCCCCCCCCCCCCCCCCCOS(=O)(=O)[O-].[Ca+2]. The maximum absolute atomic E-state index is 10.2. The summed E-state index contributed by atoms with van der Waals surface area (Å²) in [7, 11) is -8.99. The molecule has 0 saturated carbocycles. The van der Waals surface area contributed by atoms with Gasteiger partial charge in [-0.05, 0) is 12.8 Å².